The standard InChI is InChI=1S/C28H39NO7/c1-6-15-34-19-22(27(33)35-18-21-11-8-7-9-12-21)17-24(30)23-13-10-14-29(23)26(32)20(2)16-25(31)36-28(3,4)5/h6-9,11-12,20,22-23H,1,10,13-19H2,2-5H3/t20-,22+,23+/m1/s1. The Labute approximate surface area is 214 Å². The third kappa shape index (κ3) is 9.57. The third-order valence-corrected chi connectivity index (χ3v) is 5.78. The Morgan fingerprint density at radius 1 is 1.14 bits per heavy atom. The van der Waals surface area contributed by atoms with E-state index in [1.165, 1.54) is 4.90 Å². The summed E-state index contributed by atoms with van der Waals surface area (Å²) in [4.78, 5) is 52.9. The van der Waals surface area contributed by atoms with Crippen LogP contribution in [0.4, 0.5) is 0 Å². The van der Waals surface area contributed by atoms with Crippen molar-refractivity contribution in [2.75, 3.05) is 19.8 Å². The highest BCUT2D eigenvalue weighted by atomic mass is 16.6. The molecule has 0 bridgehead atoms. The van der Waals surface area contributed by atoms with Gasteiger partial charge in [0.2, 0.25) is 5.91 Å². The molecule has 0 aliphatic carbocycles. The molecule has 0 spiro atoms. The number of ketones is 1. The van der Waals surface area contributed by atoms with Crippen LogP contribution in [0.5, 0.6) is 0 Å². The first-order chi connectivity index (χ1) is 17.0. The SMILES string of the molecule is C=CCOC[C@H](CC(=O)[C@@H]1CCCN1C(=O)[C@H](C)CC(=O)OC(C)(C)C)C(=O)OCc1ccccc1. The van der Waals surface area contributed by atoms with Crippen molar-refractivity contribution in [3.8, 4) is 0 Å². The van der Waals surface area contributed by atoms with Crippen molar-refractivity contribution in [3.63, 3.8) is 0 Å². The van der Waals surface area contributed by atoms with Crippen LogP contribution < -0.4 is 0 Å². The number of nitrogens with zero attached hydrogens (tertiary/aromatic N) is 1. The van der Waals surface area contributed by atoms with Gasteiger partial charge in [0, 0.05) is 18.9 Å². The number of hydrogen-bond acceptors (Lipinski definition) is 7. The largest absolute Gasteiger partial charge is 0.461 e. The van der Waals surface area contributed by atoms with Crippen molar-refractivity contribution in [2.24, 2.45) is 11.8 Å². The number of likely N-dealkylation sites (tertiary alicyclic amines) is 1. The molecule has 2 rings (SSSR count). The fourth-order valence-corrected chi connectivity index (χ4v) is 4.10. The van der Waals surface area contributed by atoms with Gasteiger partial charge in [-0.25, -0.2) is 0 Å². The van der Waals surface area contributed by atoms with E-state index >= 15 is 0 Å². The van der Waals surface area contributed by atoms with Crippen LogP contribution in [0.2, 0.25) is 0 Å². The minimum absolute atomic E-state index is 0.0150. The molecule has 1 saturated heterocycles. The van der Waals surface area contributed by atoms with E-state index in [1.807, 2.05) is 30.3 Å². The Balaban J connectivity index is 2.01. The van der Waals surface area contributed by atoms with Gasteiger partial charge in [0.25, 0.3) is 0 Å². The summed E-state index contributed by atoms with van der Waals surface area (Å²) < 4.78 is 16.3. The van der Waals surface area contributed by atoms with E-state index in [4.69, 9.17) is 14.2 Å². The van der Waals surface area contributed by atoms with E-state index in [2.05, 4.69) is 6.58 Å². The molecule has 0 unspecified atom stereocenters. The van der Waals surface area contributed by atoms with Gasteiger partial charge in [-0.3, -0.25) is 19.2 Å². The van der Waals surface area contributed by atoms with E-state index in [0.29, 0.717) is 19.4 Å². The lowest BCUT2D eigenvalue weighted by atomic mass is 9.97. The van der Waals surface area contributed by atoms with Crippen molar-refractivity contribution >= 4 is 23.6 Å². The van der Waals surface area contributed by atoms with Crippen LogP contribution in [0.25, 0.3) is 0 Å². The van der Waals surface area contributed by atoms with Gasteiger partial charge in [0.05, 0.1) is 31.6 Å². The molecule has 8 heteroatoms. The number of rotatable bonds is 13. The zero-order valence-corrected chi connectivity index (χ0v) is 21.9. The van der Waals surface area contributed by atoms with Gasteiger partial charge >= 0.3 is 11.9 Å². The van der Waals surface area contributed by atoms with Crippen LogP contribution >= 0.6 is 0 Å². The lowest BCUT2D eigenvalue weighted by Gasteiger charge is -2.28. The van der Waals surface area contributed by atoms with Crippen molar-refractivity contribution < 1.29 is 33.4 Å². The Kier molecular flexibility index (Phi) is 11.3. The highest BCUT2D eigenvalue weighted by Crippen LogP contribution is 2.25. The highest BCUT2D eigenvalue weighted by molar-refractivity contribution is 5.93. The zero-order valence-electron chi connectivity index (χ0n) is 21.9. The first-order valence-electron chi connectivity index (χ1n) is 12.5. The summed E-state index contributed by atoms with van der Waals surface area (Å²) in [7, 11) is 0. The summed E-state index contributed by atoms with van der Waals surface area (Å²) in [5.41, 5.74) is 0.207. The normalized spacial score (nSPS) is 17.2. The Bertz CT molecular complexity index is 906. The van der Waals surface area contributed by atoms with Crippen molar-refractivity contribution in [1.29, 1.82) is 0 Å². The quantitative estimate of drug-likeness (QED) is 0.230. The van der Waals surface area contributed by atoms with Gasteiger partial charge in [-0.15, -0.1) is 6.58 Å². The average molecular weight is 502 g/mol. The Hall–Kier alpha value is -3.00. The minimum atomic E-state index is -0.794. The van der Waals surface area contributed by atoms with Crippen LogP contribution in [0.3, 0.4) is 0 Å². The first kappa shape index (κ1) is 29.2. The van der Waals surface area contributed by atoms with Crippen LogP contribution in [-0.4, -0.2) is 59.9 Å². The molecular weight excluding hydrogens is 462 g/mol. The topological polar surface area (TPSA) is 99.2 Å². The molecule has 3 atom stereocenters. The second-order valence-electron chi connectivity index (χ2n) is 10.2. The van der Waals surface area contributed by atoms with E-state index in [1.54, 1.807) is 33.8 Å². The maximum absolute atomic E-state index is 13.2. The number of hydrogen-bond donors (Lipinski definition) is 0. The van der Waals surface area contributed by atoms with Crippen LogP contribution in [-0.2, 0) is 40.0 Å². The lowest BCUT2D eigenvalue weighted by Crippen LogP contribution is -2.44. The molecular formula is C28H39NO7. The van der Waals surface area contributed by atoms with E-state index in [0.717, 1.165) is 5.56 Å². The van der Waals surface area contributed by atoms with Crippen LogP contribution in [0.1, 0.15) is 58.9 Å². The Morgan fingerprint density at radius 3 is 2.47 bits per heavy atom. The van der Waals surface area contributed by atoms with Crippen molar-refractivity contribution in [3.05, 3.63) is 48.6 Å². The summed E-state index contributed by atoms with van der Waals surface area (Å²) >= 11 is 0. The summed E-state index contributed by atoms with van der Waals surface area (Å²) in [6.45, 7) is 11.4. The summed E-state index contributed by atoms with van der Waals surface area (Å²) in [5.74, 6) is -2.86. The number of amides is 1. The van der Waals surface area contributed by atoms with E-state index in [-0.39, 0.29) is 44.4 Å². The predicted molar refractivity (Wildman–Crippen MR) is 135 cm³/mol. The lowest BCUT2D eigenvalue weighted by molar-refractivity contribution is -0.158. The molecule has 1 amide bonds. The molecule has 1 aromatic rings. The molecule has 1 fully saturated rings. The Morgan fingerprint density at radius 2 is 1.83 bits per heavy atom. The maximum Gasteiger partial charge on any atom is 0.312 e. The molecule has 0 N–H and O–H groups in total. The smallest absolute Gasteiger partial charge is 0.312 e. The molecule has 0 aromatic heterocycles. The number of carbonyl (C=O) groups excluding carboxylic acids is 4. The van der Waals surface area contributed by atoms with Gasteiger partial charge < -0.3 is 19.1 Å². The van der Waals surface area contributed by atoms with Crippen LogP contribution in [0.15, 0.2) is 43.0 Å². The molecule has 1 aliphatic rings. The van der Waals surface area contributed by atoms with Gasteiger partial charge in [0.1, 0.15) is 12.2 Å². The maximum atomic E-state index is 13.2. The number of esters is 2. The second kappa shape index (κ2) is 13.9. The number of Topliss-reactive ketones (excluding diaryl/α,β-unsaturated/α-hetero) is 1. The van der Waals surface area contributed by atoms with Crippen molar-refractivity contribution in [2.45, 2.75) is 71.6 Å². The molecule has 0 radical (unpaired) electrons. The van der Waals surface area contributed by atoms with Crippen molar-refractivity contribution in [1.82, 2.24) is 4.90 Å². The molecule has 0 saturated carbocycles. The third-order valence-electron chi connectivity index (χ3n) is 5.78. The van der Waals surface area contributed by atoms with E-state index < -0.39 is 35.4 Å². The van der Waals surface area contributed by atoms with Gasteiger partial charge in [-0.2, -0.15) is 0 Å². The van der Waals surface area contributed by atoms with Gasteiger partial charge in [-0.1, -0.05) is 43.3 Å². The molecule has 8 nitrogen and oxygen atoms in total. The molecule has 1 heterocycles. The second-order valence-corrected chi connectivity index (χ2v) is 10.2. The fraction of sp³-hybridized carbons (Fsp3) is 0.571. The summed E-state index contributed by atoms with van der Waals surface area (Å²) in [6.07, 6.45) is 2.61. The van der Waals surface area contributed by atoms with E-state index in [9.17, 15) is 19.2 Å². The molecule has 198 valence electrons. The monoisotopic (exact) mass is 501 g/mol. The van der Waals surface area contributed by atoms with Gasteiger partial charge in [-0.05, 0) is 39.2 Å². The molecule has 1 aromatic carbocycles. The number of benzene rings is 1. The molecule has 1 aliphatic heterocycles. The number of ether oxygens (including phenoxy) is 3. The van der Waals surface area contributed by atoms with Crippen LogP contribution in [0, 0.1) is 11.8 Å². The predicted octanol–water partition coefficient (Wildman–Crippen LogP) is 3.87. The zero-order chi connectivity index (χ0) is 26.7. The first-order valence-corrected chi connectivity index (χ1v) is 12.5. The summed E-state index contributed by atoms with van der Waals surface area (Å²) in [5, 5.41) is 0. The minimum Gasteiger partial charge on any atom is -0.461 e. The van der Waals surface area contributed by atoms with Gasteiger partial charge in [0.15, 0.2) is 5.78 Å². The average Bonchev–Trinajstić information content (AvgIpc) is 3.31. The highest BCUT2D eigenvalue weighted by Gasteiger charge is 2.38. The fourth-order valence-electron chi connectivity index (χ4n) is 4.10. The molecule has 36 heavy (non-hydrogen) atoms. The number of carbonyl (C=O) groups is 4. The summed E-state index contributed by atoms with van der Waals surface area (Å²) in [6, 6.07) is 8.64.